The van der Waals surface area contributed by atoms with Gasteiger partial charge >= 0.3 is 5.97 Å². The van der Waals surface area contributed by atoms with Crippen molar-refractivity contribution < 1.29 is 19.4 Å². The monoisotopic (exact) mass is 259 g/mol. The molecule has 18 heavy (non-hydrogen) atoms. The largest absolute Gasteiger partial charge is 0.458 e. The number of aliphatic hydroxyl groups excluding tert-OH is 1. The smallest absolute Gasteiger partial charge is 0.320 e. The maximum absolute atomic E-state index is 11.8. The molecule has 0 amide bonds. The molecule has 0 bridgehead atoms. The van der Waals surface area contributed by atoms with Crippen molar-refractivity contribution in [2.45, 2.75) is 52.6 Å². The lowest BCUT2D eigenvalue weighted by Crippen LogP contribution is -2.46. The summed E-state index contributed by atoms with van der Waals surface area (Å²) >= 11 is 0. The van der Waals surface area contributed by atoms with Gasteiger partial charge in [0.05, 0.1) is 12.6 Å². The highest BCUT2D eigenvalue weighted by molar-refractivity contribution is 5.71. The molecule has 0 saturated carbocycles. The van der Waals surface area contributed by atoms with E-state index in [2.05, 4.69) is 0 Å². The second-order valence-electron chi connectivity index (χ2n) is 4.92. The van der Waals surface area contributed by atoms with Gasteiger partial charge in [-0.15, -0.1) is 0 Å². The summed E-state index contributed by atoms with van der Waals surface area (Å²) in [7, 11) is 0. The van der Waals surface area contributed by atoms with Crippen LogP contribution in [0.1, 0.15) is 34.1 Å². The molecule has 0 aromatic heterocycles. The Labute approximate surface area is 109 Å². The average Bonchev–Trinajstić information content (AvgIpc) is 2.30. The van der Waals surface area contributed by atoms with Crippen LogP contribution in [-0.4, -0.2) is 54.1 Å². The fourth-order valence-corrected chi connectivity index (χ4v) is 2.33. The van der Waals surface area contributed by atoms with E-state index in [1.807, 2.05) is 32.6 Å². The molecular formula is C13H25NO4. The first-order valence-electron chi connectivity index (χ1n) is 6.73. The average molecular weight is 259 g/mol. The molecule has 1 rings (SSSR count). The lowest BCUT2D eigenvalue weighted by molar-refractivity contribution is -0.222. The lowest BCUT2D eigenvalue weighted by atomic mass is 9.94. The summed E-state index contributed by atoms with van der Waals surface area (Å²) in [6, 6.07) is 0. The predicted molar refractivity (Wildman–Crippen MR) is 68.0 cm³/mol. The number of hydrogen-bond donors (Lipinski definition) is 1. The van der Waals surface area contributed by atoms with Crippen LogP contribution in [0, 0.1) is 5.92 Å². The molecule has 0 spiro atoms. The number of likely N-dealkylation sites (N-methyl/N-ethyl adjacent to an activating group) is 1. The molecule has 5 heteroatoms. The van der Waals surface area contributed by atoms with E-state index in [0.717, 1.165) is 13.1 Å². The first-order valence-corrected chi connectivity index (χ1v) is 6.73. The van der Waals surface area contributed by atoms with Crippen molar-refractivity contribution in [2.24, 2.45) is 5.92 Å². The van der Waals surface area contributed by atoms with E-state index < -0.39 is 6.29 Å². The molecule has 1 saturated heterocycles. The molecule has 106 valence electrons. The number of aliphatic hydroxyl groups is 1. The van der Waals surface area contributed by atoms with E-state index in [9.17, 15) is 9.90 Å². The Morgan fingerprint density at radius 3 is 2.50 bits per heavy atom. The van der Waals surface area contributed by atoms with E-state index in [4.69, 9.17) is 9.47 Å². The van der Waals surface area contributed by atoms with E-state index in [1.54, 1.807) is 0 Å². The van der Waals surface area contributed by atoms with Crippen LogP contribution in [0.4, 0.5) is 0 Å². The molecule has 0 aromatic rings. The number of esters is 1. The van der Waals surface area contributed by atoms with Gasteiger partial charge < -0.3 is 14.6 Å². The number of nitrogens with zero attached hydrogens (tertiary/aromatic N) is 1. The topological polar surface area (TPSA) is 59.0 Å². The maximum Gasteiger partial charge on any atom is 0.320 e. The van der Waals surface area contributed by atoms with Gasteiger partial charge in [0.2, 0.25) is 0 Å². The van der Waals surface area contributed by atoms with Crippen LogP contribution >= 0.6 is 0 Å². The van der Waals surface area contributed by atoms with E-state index in [1.165, 1.54) is 0 Å². The quantitative estimate of drug-likeness (QED) is 0.747. The third kappa shape index (κ3) is 4.23. The molecule has 1 N–H and O–H groups in total. The first-order chi connectivity index (χ1) is 8.47. The Morgan fingerprint density at radius 1 is 1.39 bits per heavy atom. The minimum atomic E-state index is -0.743. The lowest BCUT2D eigenvalue weighted by Gasteiger charge is -2.36. The van der Waals surface area contributed by atoms with Gasteiger partial charge in [0.1, 0.15) is 6.10 Å². The highest BCUT2D eigenvalue weighted by Gasteiger charge is 2.35. The summed E-state index contributed by atoms with van der Waals surface area (Å²) in [6.07, 6.45) is -0.762. The van der Waals surface area contributed by atoms with Crippen molar-refractivity contribution in [1.29, 1.82) is 0 Å². The summed E-state index contributed by atoms with van der Waals surface area (Å²) < 4.78 is 10.8. The molecule has 1 heterocycles. The van der Waals surface area contributed by atoms with Gasteiger partial charge in [0, 0.05) is 12.3 Å². The fraction of sp³-hybridized carbons (Fsp3) is 0.923. The standard InChI is InChI=1S/C13H25NO4/c1-5-14(6-2)8-12(16)18-13-9(3)7-11(15)17-10(13)4/h9-11,13,15H,5-8H2,1-4H3/t9-,10-,11+,13+/m0/s1. The number of hydrogen-bond acceptors (Lipinski definition) is 5. The summed E-state index contributed by atoms with van der Waals surface area (Å²) in [5, 5.41) is 9.45. The molecule has 5 nitrogen and oxygen atoms in total. The molecule has 0 aromatic carbocycles. The molecule has 0 radical (unpaired) electrons. The van der Waals surface area contributed by atoms with Gasteiger partial charge in [0.25, 0.3) is 0 Å². The minimum Gasteiger partial charge on any atom is -0.458 e. The number of rotatable bonds is 5. The van der Waals surface area contributed by atoms with Crippen LogP contribution in [0.3, 0.4) is 0 Å². The first kappa shape index (κ1) is 15.4. The normalized spacial score (nSPS) is 32.6. The van der Waals surface area contributed by atoms with Crippen LogP contribution in [0.15, 0.2) is 0 Å². The van der Waals surface area contributed by atoms with E-state index in [-0.39, 0.29) is 24.1 Å². The zero-order chi connectivity index (χ0) is 13.7. The van der Waals surface area contributed by atoms with Gasteiger partial charge in [-0.25, -0.2) is 0 Å². The molecular weight excluding hydrogens is 234 g/mol. The number of carbonyl (C=O) groups excluding carboxylic acids is 1. The van der Waals surface area contributed by atoms with Gasteiger partial charge in [-0.2, -0.15) is 0 Å². The fourth-order valence-electron chi connectivity index (χ4n) is 2.33. The van der Waals surface area contributed by atoms with Crippen LogP contribution in [0.2, 0.25) is 0 Å². The van der Waals surface area contributed by atoms with Crippen molar-refractivity contribution in [3.8, 4) is 0 Å². The van der Waals surface area contributed by atoms with Crippen molar-refractivity contribution in [1.82, 2.24) is 4.90 Å². The Balaban J connectivity index is 2.47. The third-order valence-electron chi connectivity index (χ3n) is 3.48. The van der Waals surface area contributed by atoms with Crippen molar-refractivity contribution >= 4 is 5.97 Å². The summed E-state index contributed by atoms with van der Waals surface area (Å²) in [4.78, 5) is 13.8. The molecule has 4 atom stereocenters. The van der Waals surface area contributed by atoms with Gasteiger partial charge in [0.15, 0.2) is 6.29 Å². The Hall–Kier alpha value is -0.650. The SMILES string of the molecule is CCN(CC)CC(=O)O[C@H]1[C@H](C)O[C@@H](O)C[C@@H]1C. The minimum absolute atomic E-state index is 0.115. The second kappa shape index (κ2) is 7.07. The molecule has 0 aliphatic carbocycles. The van der Waals surface area contributed by atoms with Crippen LogP contribution < -0.4 is 0 Å². The zero-order valence-corrected chi connectivity index (χ0v) is 11.8. The molecule has 1 aliphatic heterocycles. The predicted octanol–water partition coefficient (Wildman–Crippen LogP) is 1.00. The maximum atomic E-state index is 11.8. The summed E-state index contributed by atoms with van der Waals surface area (Å²) in [5.41, 5.74) is 0. The van der Waals surface area contributed by atoms with E-state index >= 15 is 0 Å². The summed E-state index contributed by atoms with van der Waals surface area (Å²) in [5.74, 6) is -0.105. The molecule has 1 aliphatic rings. The summed E-state index contributed by atoms with van der Waals surface area (Å²) in [6.45, 7) is 9.80. The highest BCUT2D eigenvalue weighted by Crippen LogP contribution is 2.26. The highest BCUT2D eigenvalue weighted by atomic mass is 16.6. The molecule has 0 unspecified atom stereocenters. The van der Waals surface area contributed by atoms with Crippen LogP contribution in [0.25, 0.3) is 0 Å². The Bertz CT molecular complexity index is 256. The Kier molecular flexibility index (Phi) is 6.05. The van der Waals surface area contributed by atoms with Gasteiger partial charge in [-0.1, -0.05) is 20.8 Å². The Morgan fingerprint density at radius 2 is 2.00 bits per heavy atom. The number of carbonyl (C=O) groups is 1. The van der Waals surface area contributed by atoms with Crippen LogP contribution in [0.5, 0.6) is 0 Å². The number of ether oxygens (including phenoxy) is 2. The van der Waals surface area contributed by atoms with Crippen molar-refractivity contribution in [3.05, 3.63) is 0 Å². The van der Waals surface area contributed by atoms with Crippen molar-refractivity contribution in [3.63, 3.8) is 0 Å². The van der Waals surface area contributed by atoms with Gasteiger partial charge in [-0.05, 0) is 20.0 Å². The zero-order valence-electron chi connectivity index (χ0n) is 11.8. The van der Waals surface area contributed by atoms with Gasteiger partial charge in [-0.3, -0.25) is 9.69 Å². The van der Waals surface area contributed by atoms with Crippen molar-refractivity contribution in [2.75, 3.05) is 19.6 Å². The third-order valence-corrected chi connectivity index (χ3v) is 3.48. The van der Waals surface area contributed by atoms with Crippen LogP contribution in [-0.2, 0) is 14.3 Å². The molecule has 1 fully saturated rings. The van der Waals surface area contributed by atoms with E-state index in [0.29, 0.717) is 13.0 Å². The second-order valence-corrected chi connectivity index (χ2v) is 4.92.